The molecule has 0 aliphatic rings. The molecule has 1 aromatic heterocycles. The van der Waals surface area contributed by atoms with Crippen molar-refractivity contribution in [3.63, 3.8) is 0 Å². The van der Waals surface area contributed by atoms with E-state index in [2.05, 4.69) is 97.4 Å². The molecule has 0 N–H and O–H groups in total. The van der Waals surface area contributed by atoms with Gasteiger partial charge in [0.1, 0.15) is 0 Å². The van der Waals surface area contributed by atoms with Crippen molar-refractivity contribution in [2.45, 2.75) is 6.92 Å². The Balaban J connectivity index is 1.49. The molecule has 7 aromatic rings. The van der Waals surface area contributed by atoms with Gasteiger partial charge < -0.3 is 4.57 Å². The van der Waals surface area contributed by atoms with Crippen LogP contribution in [0.2, 0.25) is 0 Å². The van der Waals surface area contributed by atoms with Gasteiger partial charge in [0.2, 0.25) is 0 Å². The summed E-state index contributed by atoms with van der Waals surface area (Å²) in [6.45, 7) is 2.11. The zero-order valence-corrected chi connectivity index (χ0v) is 18.5. The third kappa shape index (κ3) is 2.46. The maximum Gasteiger partial charge on any atom is 0.193 e. The van der Waals surface area contributed by atoms with Crippen LogP contribution in [0.3, 0.4) is 0 Å². The monoisotopic (exact) mass is 423 g/mol. The Morgan fingerprint density at radius 1 is 0.636 bits per heavy atom. The van der Waals surface area contributed by atoms with Crippen LogP contribution in [0.25, 0.3) is 54.1 Å². The lowest BCUT2D eigenvalue weighted by Crippen LogP contribution is -2.03. The van der Waals surface area contributed by atoms with E-state index in [4.69, 9.17) is 0 Å². The third-order valence-corrected chi connectivity index (χ3v) is 7.20. The van der Waals surface area contributed by atoms with Crippen LogP contribution >= 0.6 is 0 Å². The number of fused-ring (bicyclic) bond motifs is 3. The fourth-order valence-corrected chi connectivity index (χ4v) is 5.56. The van der Waals surface area contributed by atoms with Crippen molar-refractivity contribution in [2.75, 3.05) is 0 Å². The second kappa shape index (κ2) is 6.43. The molecule has 0 saturated carbocycles. The molecule has 0 atom stereocenters. The first-order valence-corrected chi connectivity index (χ1v) is 11.3. The van der Waals surface area contributed by atoms with Gasteiger partial charge in [-0.1, -0.05) is 60.2 Å². The molecule has 0 unspecified atom stereocenters. The molecule has 7 rings (SSSR count). The molecule has 0 aliphatic carbocycles. The van der Waals surface area contributed by atoms with Crippen LogP contribution in [-0.4, -0.2) is 10.4 Å². The molecule has 2 nitrogen and oxygen atoms in total. The molecule has 1 heterocycles. The molecule has 156 valence electrons. The van der Waals surface area contributed by atoms with Gasteiger partial charge in [0.25, 0.3) is 0 Å². The van der Waals surface area contributed by atoms with Crippen LogP contribution < -0.4 is 0 Å². The van der Waals surface area contributed by atoms with Gasteiger partial charge in [-0.15, -0.1) is 0 Å². The number of hydrogen-bond acceptors (Lipinski definition) is 1. The molecular formula is C31H21NO. The van der Waals surface area contributed by atoms with Crippen LogP contribution in [0.4, 0.5) is 0 Å². The van der Waals surface area contributed by atoms with Crippen LogP contribution in [-0.2, 0) is 7.05 Å². The van der Waals surface area contributed by atoms with Gasteiger partial charge in [0.15, 0.2) is 5.78 Å². The van der Waals surface area contributed by atoms with Crippen LogP contribution in [0.5, 0.6) is 0 Å². The molecule has 0 fully saturated rings. The second-order valence-corrected chi connectivity index (χ2v) is 9.11. The van der Waals surface area contributed by atoms with Crippen molar-refractivity contribution in [3.8, 4) is 0 Å². The minimum Gasteiger partial charge on any atom is -0.344 e. The fourth-order valence-electron chi connectivity index (χ4n) is 5.56. The van der Waals surface area contributed by atoms with Crippen LogP contribution in [0.1, 0.15) is 21.5 Å². The quantitative estimate of drug-likeness (QED) is 0.206. The smallest absolute Gasteiger partial charge is 0.193 e. The summed E-state index contributed by atoms with van der Waals surface area (Å²) in [5.41, 5.74) is 5.03. The summed E-state index contributed by atoms with van der Waals surface area (Å²) in [5, 5.41) is 9.35. The Kier molecular flexibility index (Phi) is 3.58. The predicted octanol–water partition coefficient (Wildman–Crippen LogP) is 7.77. The normalized spacial score (nSPS) is 12.1. The highest BCUT2D eigenvalue weighted by Crippen LogP contribution is 2.37. The number of nitrogens with zero attached hydrogens (tertiary/aromatic N) is 1. The molecule has 0 saturated heterocycles. The van der Waals surface area contributed by atoms with Crippen molar-refractivity contribution in [1.82, 2.24) is 4.57 Å². The van der Waals surface area contributed by atoms with Gasteiger partial charge in [-0.3, -0.25) is 4.79 Å². The summed E-state index contributed by atoms with van der Waals surface area (Å²) in [6.07, 6.45) is 0. The fraction of sp³-hybridized carbons (Fsp3) is 0.0645. The zero-order chi connectivity index (χ0) is 22.3. The predicted molar refractivity (Wildman–Crippen MR) is 139 cm³/mol. The van der Waals surface area contributed by atoms with Gasteiger partial charge in [0.05, 0.1) is 0 Å². The Hall–Kier alpha value is -4.17. The Morgan fingerprint density at radius 3 is 2.06 bits per heavy atom. The standard InChI is InChI=1S/C31H21NO/c1-18-6-14-27-25(16-18)26-17-22(11-15-28(26)32(27)2)31(33)24-13-10-21-8-7-19-4-3-5-20-9-12-23(24)30(21)29(19)20/h3-17H,1-2H3. The SMILES string of the molecule is Cc1ccc2c(c1)c1cc(C(=O)c3ccc4ccc5cccc6ccc3c4c56)ccc1n2C. The molecule has 0 aliphatic heterocycles. The van der Waals surface area contributed by atoms with E-state index >= 15 is 0 Å². The third-order valence-electron chi connectivity index (χ3n) is 7.20. The van der Waals surface area contributed by atoms with E-state index in [9.17, 15) is 4.79 Å². The Labute approximate surface area is 191 Å². The summed E-state index contributed by atoms with van der Waals surface area (Å²) in [5.74, 6) is 0.0690. The van der Waals surface area contributed by atoms with E-state index in [0.29, 0.717) is 0 Å². The minimum absolute atomic E-state index is 0.0690. The molecule has 0 bridgehead atoms. The van der Waals surface area contributed by atoms with E-state index in [1.54, 1.807) is 0 Å². The van der Waals surface area contributed by atoms with Gasteiger partial charge >= 0.3 is 0 Å². The summed E-state index contributed by atoms with van der Waals surface area (Å²) in [4.78, 5) is 13.8. The van der Waals surface area contributed by atoms with Crippen LogP contribution in [0.15, 0.2) is 91.0 Å². The van der Waals surface area contributed by atoms with E-state index < -0.39 is 0 Å². The molecule has 2 heteroatoms. The number of carbonyl (C=O) groups excluding carboxylic acids is 1. The first kappa shape index (κ1) is 18.4. The Bertz CT molecular complexity index is 1890. The molecular weight excluding hydrogens is 402 g/mol. The number of carbonyl (C=O) groups is 1. The molecule has 0 amide bonds. The first-order valence-electron chi connectivity index (χ1n) is 11.3. The zero-order valence-electron chi connectivity index (χ0n) is 18.5. The average molecular weight is 424 g/mol. The highest BCUT2D eigenvalue weighted by Gasteiger charge is 2.18. The topological polar surface area (TPSA) is 22.0 Å². The molecule has 0 radical (unpaired) electrons. The van der Waals surface area contributed by atoms with Gasteiger partial charge in [-0.05, 0) is 75.6 Å². The number of benzene rings is 6. The van der Waals surface area contributed by atoms with Crippen molar-refractivity contribution >= 4 is 59.9 Å². The molecule has 33 heavy (non-hydrogen) atoms. The maximum atomic E-state index is 13.8. The Morgan fingerprint density at radius 2 is 1.27 bits per heavy atom. The number of aromatic nitrogens is 1. The summed E-state index contributed by atoms with van der Waals surface area (Å²) < 4.78 is 2.20. The van der Waals surface area contributed by atoms with Crippen LogP contribution in [0, 0.1) is 6.92 Å². The number of rotatable bonds is 2. The van der Waals surface area contributed by atoms with Crippen molar-refractivity contribution in [2.24, 2.45) is 7.05 Å². The van der Waals surface area contributed by atoms with Crippen molar-refractivity contribution in [3.05, 3.63) is 108 Å². The van der Waals surface area contributed by atoms with Gasteiger partial charge in [-0.2, -0.15) is 0 Å². The maximum absolute atomic E-state index is 13.8. The van der Waals surface area contributed by atoms with E-state index in [0.717, 1.165) is 27.4 Å². The van der Waals surface area contributed by atoms with Crippen molar-refractivity contribution in [1.29, 1.82) is 0 Å². The van der Waals surface area contributed by atoms with Gasteiger partial charge in [-0.25, -0.2) is 0 Å². The van der Waals surface area contributed by atoms with E-state index in [1.807, 2.05) is 12.1 Å². The lowest BCUT2D eigenvalue weighted by molar-refractivity contribution is 0.104. The molecule has 6 aromatic carbocycles. The average Bonchev–Trinajstić information content (AvgIpc) is 3.12. The van der Waals surface area contributed by atoms with Crippen molar-refractivity contribution < 1.29 is 4.79 Å². The second-order valence-electron chi connectivity index (χ2n) is 9.11. The first-order chi connectivity index (χ1) is 16.1. The molecule has 0 spiro atoms. The van der Waals surface area contributed by atoms with E-state index in [1.165, 1.54) is 43.4 Å². The summed E-state index contributed by atoms with van der Waals surface area (Å²) in [6, 6.07) is 31.6. The lowest BCUT2D eigenvalue weighted by atomic mass is 9.89. The number of hydrogen-bond donors (Lipinski definition) is 0. The van der Waals surface area contributed by atoms with E-state index in [-0.39, 0.29) is 5.78 Å². The largest absolute Gasteiger partial charge is 0.344 e. The number of aryl methyl sites for hydroxylation is 2. The number of ketones is 1. The summed E-state index contributed by atoms with van der Waals surface area (Å²) in [7, 11) is 2.09. The van der Waals surface area contributed by atoms with Gasteiger partial charge in [0, 0.05) is 40.0 Å². The summed E-state index contributed by atoms with van der Waals surface area (Å²) >= 11 is 0. The highest BCUT2D eigenvalue weighted by atomic mass is 16.1. The highest BCUT2D eigenvalue weighted by molar-refractivity contribution is 6.28. The lowest BCUT2D eigenvalue weighted by Gasteiger charge is -2.13. The minimum atomic E-state index is 0.0690.